The third kappa shape index (κ3) is 5.03. The van der Waals surface area contributed by atoms with Crippen LogP contribution in [0.15, 0.2) is 12.1 Å². The topological polar surface area (TPSA) is 103 Å². The minimum Gasteiger partial charge on any atom is -0.486 e. The maximum atomic E-state index is 12.1. The molecule has 154 valence electrons. The van der Waals surface area contributed by atoms with Crippen molar-refractivity contribution >= 4 is 11.8 Å². The van der Waals surface area contributed by atoms with Crippen LogP contribution in [-0.2, 0) is 11.3 Å². The number of nitrogens with one attached hydrogen (secondary N) is 1. The standard InChI is InChI=1S/C19H27N3O6/c1-19(2,3)28-18(23)21-6-4-14(5-7-21)20-12-13-10-15(22(24)25)17-16(11-13)26-8-9-27-17/h10-11,14,20H,4-9,12H2,1-3H3. The average Bonchev–Trinajstić information content (AvgIpc) is 2.64. The minimum absolute atomic E-state index is 0.0752. The fourth-order valence-electron chi connectivity index (χ4n) is 3.28. The van der Waals surface area contributed by atoms with Crippen molar-refractivity contribution in [1.82, 2.24) is 10.2 Å². The zero-order valence-corrected chi connectivity index (χ0v) is 16.5. The van der Waals surface area contributed by atoms with Crippen LogP contribution in [0.2, 0.25) is 0 Å². The molecule has 9 heteroatoms. The third-order valence-corrected chi connectivity index (χ3v) is 4.62. The minimum atomic E-state index is -0.501. The Labute approximate surface area is 164 Å². The van der Waals surface area contributed by atoms with Gasteiger partial charge in [0.15, 0.2) is 5.75 Å². The fraction of sp³-hybridized carbons (Fsp3) is 0.632. The third-order valence-electron chi connectivity index (χ3n) is 4.62. The van der Waals surface area contributed by atoms with Crippen LogP contribution in [0.25, 0.3) is 0 Å². The first kappa shape index (κ1) is 20.2. The number of ether oxygens (including phenoxy) is 3. The average molecular weight is 393 g/mol. The van der Waals surface area contributed by atoms with Crippen LogP contribution >= 0.6 is 0 Å². The number of amides is 1. The summed E-state index contributed by atoms with van der Waals surface area (Å²) in [6.07, 6.45) is 1.31. The number of hydrogen-bond donors (Lipinski definition) is 1. The van der Waals surface area contributed by atoms with E-state index in [1.165, 1.54) is 6.07 Å². The van der Waals surface area contributed by atoms with Crippen molar-refractivity contribution in [2.24, 2.45) is 0 Å². The normalized spacial score (nSPS) is 17.3. The highest BCUT2D eigenvalue weighted by molar-refractivity contribution is 5.68. The van der Waals surface area contributed by atoms with E-state index in [0.717, 1.165) is 18.4 Å². The van der Waals surface area contributed by atoms with Crippen molar-refractivity contribution in [1.29, 1.82) is 0 Å². The molecule has 0 aliphatic carbocycles. The van der Waals surface area contributed by atoms with E-state index in [0.29, 0.717) is 38.6 Å². The Kier molecular flexibility index (Phi) is 5.93. The maximum absolute atomic E-state index is 12.1. The van der Waals surface area contributed by atoms with E-state index in [2.05, 4.69) is 5.32 Å². The Balaban J connectivity index is 1.55. The van der Waals surface area contributed by atoms with Crippen LogP contribution in [0.4, 0.5) is 10.5 Å². The molecule has 3 rings (SSSR count). The van der Waals surface area contributed by atoms with Gasteiger partial charge < -0.3 is 24.4 Å². The number of nitrogens with zero attached hydrogens (tertiary/aromatic N) is 2. The molecule has 1 aromatic carbocycles. The number of piperidine rings is 1. The lowest BCUT2D eigenvalue weighted by Gasteiger charge is -2.33. The van der Waals surface area contributed by atoms with Gasteiger partial charge in [0.05, 0.1) is 4.92 Å². The number of likely N-dealkylation sites (tertiary alicyclic amines) is 1. The van der Waals surface area contributed by atoms with E-state index in [1.54, 1.807) is 11.0 Å². The number of nitro groups is 1. The summed E-state index contributed by atoms with van der Waals surface area (Å²) in [7, 11) is 0. The number of nitro benzene ring substituents is 1. The van der Waals surface area contributed by atoms with Crippen LogP contribution in [0.5, 0.6) is 11.5 Å². The molecule has 2 aliphatic rings. The zero-order valence-electron chi connectivity index (χ0n) is 16.5. The molecular weight excluding hydrogens is 366 g/mol. The Hall–Kier alpha value is -2.55. The predicted octanol–water partition coefficient (Wildman–Crippen LogP) is 2.86. The SMILES string of the molecule is CC(C)(C)OC(=O)N1CCC(NCc2cc3c(c([N+](=O)[O-])c2)OCCO3)CC1. The molecule has 0 spiro atoms. The van der Waals surface area contributed by atoms with Gasteiger partial charge in [-0.05, 0) is 45.2 Å². The van der Waals surface area contributed by atoms with Crippen molar-refractivity contribution < 1.29 is 23.9 Å². The van der Waals surface area contributed by atoms with Crippen LogP contribution in [0.3, 0.4) is 0 Å². The number of hydrogen-bond acceptors (Lipinski definition) is 7. The van der Waals surface area contributed by atoms with E-state index >= 15 is 0 Å². The summed E-state index contributed by atoms with van der Waals surface area (Å²) in [6.45, 7) is 7.96. The van der Waals surface area contributed by atoms with Crippen molar-refractivity contribution in [2.75, 3.05) is 26.3 Å². The highest BCUT2D eigenvalue weighted by Gasteiger charge is 2.28. The molecule has 2 aliphatic heterocycles. The first-order chi connectivity index (χ1) is 13.2. The predicted molar refractivity (Wildman–Crippen MR) is 102 cm³/mol. The Morgan fingerprint density at radius 3 is 2.61 bits per heavy atom. The van der Waals surface area contributed by atoms with Gasteiger partial charge in [-0.3, -0.25) is 10.1 Å². The quantitative estimate of drug-likeness (QED) is 0.620. The summed E-state index contributed by atoms with van der Waals surface area (Å²) < 4.78 is 16.3. The van der Waals surface area contributed by atoms with Crippen molar-refractivity contribution in [3.8, 4) is 11.5 Å². The summed E-state index contributed by atoms with van der Waals surface area (Å²) in [5.41, 5.74) is 0.193. The van der Waals surface area contributed by atoms with Crippen LogP contribution in [0.1, 0.15) is 39.2 Å². The summed E-state index contributed by atoms with van der Waals surface area (Å²) in [5.74, 6) is 0.614. The van der Waals surface area contributed by atoms with Crippen molar-refractivity contribution in [3.05, 3.63) is 27.8 Å². The molecule has 0 saturated carbocycles. The van der Waals surface area contributed by atoms with E-state index in [9.17, 15) is 14.9 Å². The lowest BCUT2D eigenvalue weighted by molar-refractivity contribution is -0.386. The van der Waals surface area contributed by atoms with Gasteiger partial charge in [0.1, 0.15) is 18.8 Å². The van der Waals surface area contributed by atoms with Gasteiger partial charge >= 0.3 is 11.8 Å². The van der Waals surface area contributed by atoms with Crippen LogP contribution in [0, 0.1) is 10.1 Å². The summed E-state index contributed by atoms with van der Waals surface area (Å²) in [4.78, 5) is 24.7. The molecule has 1 saturated heterocycles. The largest absolute Gasteiger partial charge is 0.486 e. The van der Waals surface area contributed by atoms with Gasteiger partial charge in [0.2, 0.25) is 5.75 Å². The fourth-order valence-corrected chi connectivity index (χ4v) is 3.28. The van der Waals surface area contributed by atoms with Gasteiger partial charge in [-0.1, -0.05) is 0 Å². The molecule has 0 unspecified atom stereocenters. The van der Waals surface area contributed by atoms with Gasteiger partial charge in [-0.2, -0.15) is 0 Å². The van der Waals surface area contributed by atoms with Gasteiger partial charge in [-0.25, -0.2) is 4.79 Å². The number of carbonyl (C=O) groups excluding carboxylic acids is 1. The van der Waals surface area contributed by atoms with E-state index in [-0.39, 0.29) is 23.6 Å². The zero-order chi connectivity index (χ0) is 20.3. The molecular formula is C19H27N3O6. The summed E-state index contributed by atoms with van der Waals surface area (Å²) >= 11 is 0. The Bertz CT molecular complexity index is 738. The molecule has 1 fully saturated rings. The summed E-state index contributed by atoms with van der Waals surface area (Å²) in [6, 6.07) is 3.53. The molecule has 1 amide bonds. The van der Waals surface area contributed by atoms with Gasteiger partial charge in [0.25, 0.3) is 0 Å². The number of benzene rings is 1. The van der Waals surface area contributed by atoms with E-state index < -0.39 is 10.5 Å². The highest BCUT2D eigenvalue weighted by atomic mass is 16.6. The van der Waals surface area contributed by atoms with Crippen LogP contribution in [-0.4, -0.2) is 53.9 Å². The second-order valence-corrected chi connectivity index (χ2v) is 8.02. The van der Waals surface area contributed by atoms with Crippen molar-refractivity contribution in [3.63, 3.8) is 0 Å². The first-order valence-electron chi connectivity index (χ1n) is 9.51. The number of carbonyl (C=O) groups is 1. The van der Waals surface area contributed by atoms with Gasteiger partial charge in [0, 0.05) is 31.7 Å². The molecule has 2 heterocycles. The van der Waals surface area contributed by atoms with Crippen molar-refractivity contribution in [2.45, 2.75) is 51.8 Å². The molecule has 0 aromatic heterocycles. The molecule has 0 atom stereocenters. The highest BCUT2D eigenvalue weighted by Crippen LogP contribution is 2.40. The lowest BCUT2D eigenvalue weighted by Crippen LogP contribution is -2.46. The Morgan fingerprint density at radius 1 is 1.29 bits per heavy atom. The monoisotopic (exact) mass is 393 g/mol. The number of rotatable bonds is 4. The van der Waals surface area contributed by atoms with E-state index in [1.807, 2.05) is 20.8 Å². The van der Waals surface area contributed by atoms with Gasteiger partial charge in [-0.15, -0.1) is 0 Å². The molecule has 0 radical (unpaired) electrons. The molecule has 0 bridgehead atoms. The summed E-state index contributed by atoms with van der Waals surface area (Å²) in [5, 5.41) is 14.8. The smallest absolute Gasteiger partial charge is 0.410 e. The van der Waals surface area contributed by atoms with Crippen LogP contribution < -0.4 is 14.8 Å². The Morgan fingerprint density at radius 2 is 1.96 bits per heavy atom. The molecule has 1 N–H and O–H groups in total. The maximum Gasteiger partial charge on any atom is 0.410 e. The second-order valence-electron chi connectivity index (χ2n) is 8.02. The second kappa shape index (κ2) is 8.22. The number of fused-ring (bicyclic) bond motifs is 1. The van der Waals surface area contributed by atoms with E-state index in [4.69, 9.17) is 14.2 Å². The molecule has 28 heavy (non-hydrogen) atoms. The molecule has 9 nitrogen and oxygen atoms in total. The lowest BCUT2D eigenvalue weighted by atomic mass is 10.0. The first-order valence-corrected chi connectivity index (χ1v) is 9.51. The molecule has 1 aromatic rings.